The van der Waals surface area contributed by atoms with Crippen LogP contribution in [0.5, 0.6) is 0 Å². The lowest BCUT2D eigenvalue weighted by molar-refractivity contribution is -0.137. The minimum atomic E-state index is -4.67. The fraction of sp³-hybridized carbons (Fsp3) is 0.619. The topological polar surface area (TPSA) is 61.4 Å². The van der Waals surface area contributed by atoms with Crippen molar-refractivity contribution in [2.45, 2.75) is 45.2 Å². The normalized spacial score (nSPS) is 16.2. The molecule has 0 aliphatic carbocycles. The van der Waals surface area contributed by atoms with E-state index in [4.69, 9.17) is 0 Å². The van der Waals surface area contributed by atoms with Crippen LogP contribution in [0.25, 0.3) is 0 Å². The number of alkyl halides is 5. The first-order chi connectivity index (χ1) is 14.4. The van der Waals surface area contributed by atoms with Crippen LogP contribution >= 0.6 is 0 Å². The molecule has 0 radical (unpaired) electrons. The van der Waals surface area contributed by atoms with Crippen molar-refractivity contribution in [1.82, 2.24) is 15.5 Å². The molecular formula is C21H28F5N3O2. The number of benzene rings is 1. The summed E-state index contributed by atoms with van der Waals surface area (Å²) < 4.78 is 65.2. The Morgan fingerprint density at radius 2 is 1.71 bits per heavy atom. The number of carbonyl (C=O) groups excluding carboxylic acids is 2. The molecule has 10 heteroatoms. The predicted molar refractivity (Wildman–Crippen MR) is 106 cm³/mol. The van der Waals surface area contributed by atoms with Crippen LogP contribution in [0, 0.1) is 5.92 Å². The van der Waals surface area contributed by atoms with Gasteiger partial charge in [0.2, 0.25) is 5.91 Å². The zero-order valence-corrected chi connectivity index (χ0v) is 17.6. The molecule has 2 N–H and O–H groups in total. The standard InChI is InChI=1S/C21H28F5N3O2/c1-20(2,23)13-28-18(30)12-29-5-3-14(4-6-29)11-27-19(31)16-7-15(10-22)8-17(9-16)21(24,25)26/h7-9,14H,3-6,10-13H2,1-2H3,(H,27,31)(H,28,30). The van der Waals surface area contributed by atoms with E-state index in [9.17, 15) is 31.5 Å². The summed E-state index contributed by atoms with van der Waals surface area (Å²) in [6.45, 7) is 3.26. The molecule has 0 saturated carbocycles. The first-order valence-corrected chi connectivity index (χ1v) is 10.1. The maximum Gasteiger partial charge on any atom is 0.416 e. The van der Waals surface area contributed by atoms with Crippen LogP contribution in [0.15, 0.2) is 18.2 Å². The molecule has 2 rings (SSSR count). The van der Waals surface area contributed by atoms with Crippen LogP contribution in [0.1, 0.15) is 48.2 Å². The minimum Gasteiger partial charge on any atom is -0.352 e. The first-order valence-electron chi connectivity index (χ1n) is 10.1. The van der Waals surface area contributed by atoms with Gasteiger partial charge in [0.15, 0.2) is 0 Å². The second-order valence-electron chi connectivity index (χ2n) is 8.47. The lowest BCUT2D eigenvalue weighted by atomic mass is 9.96. The highest BCUT2D eigenvalue weighted by atomic mass is 19.4. The number of rotatable bonds is 8. The zero-order chi connectivity index (χ0) is 23.2. The molecule has 2 amide bonds. The van der Waals surface area contributed by atoms with E-state index in [0.29, 0.717) is 38.1 Å². The molecule has 174 valence electrons. The van der Waals surface area contributed by atoms with Crippen LogP contribution in [0.2, 0.25) is 0 Å². The Labute approximate surface area is 178 Å². The average Bonchev–Trinajstić information content (AvgIpc) is 2.70. The summed E-state index contributed by atoms with van der Waals surface area (Å²) in [5.74, 6) is -0.832. The summed E-state index contributed by atoms with van der Waals surface area (Å²) in [7, 11) is 0. The van der Waals surface area contributed by atoms with Gasteiger partial charge in [0.1, 0.15) is 12.3 Å². The van der Waals surface area contributed by atoms with E-state index < -0.39 is 30.0 Å². The van der Waals surface area contributed by atoms with Crippen molar-refractivity contribution in [1.29, 1.82) is 0 Å². The van der Waals surface area contributed by atoms with Crippen molar-refractivity contribution in [2.75, 3.05) is 32.7 Å². The van der Waals surface area contributed by atoms with Crippen molar-refractivity contribution < 1.29 is 31.5 Å². The maximum absolute atomic E-state index is 13.4. The van der Waals surface area contributed by atoms with Crippen molar-refractivity contribution in [3.8, 4) is 0 Å². The van der Waals surface area contributed by atoms with E-state index >= 15 is 0 Å². The Kier molecular flexibility index (Phi) is 8.39. The second kappa shape index (κ2) is 10.4. The molecule has 1 fully saturated rings. The molecule has 1 aliphatic heterocycles. The number of nitrogens with one attached hydrogen (secondary N) is 2. The SMILES string of the molecule is CC(C)(F)CNC(=O)CN1CCC(CNC(=O)c2cc(CF)cc(C(F)(F)F)c2)CC1. The number of halogens is 5. The van der Waals surface area contributed by atoms with Gasteiger partial charge in [0.05, 0.1) is 18.7 Å². The summed E-state index contributed by atoms with van der Waals surface area (Å²) >= 11 is 0. The molecule has 1 aliphatic rings. The molecule has 0 atom stereocenters. The smallest absolute Gasteiger partial charge is 0.352 e. The summed E-state index contributed by atoms with van der Waals surface area (Å²) in [5.41, 5.74) is -2.98. The van der Waals surface area contributed by atoms with Gasteiger partial charge < -0.3 is 10.6 Å². The number of hydrogen-bond acceptors (Lipinski definition) is 3. The van der Waals surface area contributed by atoms with Gasteiger partial charge in [-0.3, -0.25) is 14.5 Å². The van der Waals surface area contributed by atoms with E-state index in [2.05, 4.69) is 10.6 Å². The molecule has 1 saturated heterocycles. The Morgan fingerprint density at radius 3 is 2.26 bits per heavy atom. The van der Waals surface area contributed by atoms with E-state index in [-0.39, 0.29) is 42.6 Å². The third kappa shape index (κ3) is 8.43. The monoisotopic (exact) mass is 449 g/mol. The van der Waals surface area contributed by atoms with Crippen molar-refractivity contribution in [3.05, 3.63) is 34.9 Å². The molecule has 1 heterocycles. The van der Waals surface area contributed by atoms with Gasteiger partial charge in [-0.25, -0.2) is 8.78 Å². The number of likely N-dealkylation sites (tertiary alicyclic amines) is 1. The Hall–Kier alpha value is -2.23. The zero-order valence-electron chi connectivity index (χ0n) is 17.6. The van der Waals surface area contributed by atoms with Gasteiger partial charge in [-0.2, -0.15) is 13.2 Å². The third-order valence-corrected chi connectivity index (χ3v) is 5.07. The lowest BCUT2D eigenvalue weighted by Crippen LogP contribution is -2.45. The maximum atomic E-state index is 13.4. The Balaban J connectivity index is 1.81. The predicted octanol–water partition coefficient (Wildman–Crippen LogP) is 3.48. The van der Waals surface area contributed by atoms with E-state index in [1.165, 1.54) is 13.8 Å². The molecule has 0 unspecified atom stereocenters. The van der Waals surface area contributed by atoms with Crippen LogP contribution < -0.4 is 10.6 Å². The van der Waals surface area contributed by atoms with Crippen molar-refractivity contribution >= 4 is 11.8 Å². The van der Waals surface area contributed by atoms with Crippen molar-refractivity contribution in [2.24, 2.45) is 5.92 Å². The Morgan fingerprint density at radius 1 is 1.06 bits per heavy atom. The van der Waals surface area contributed by atoms with E-state index in [0.717, 1.165) is 6.07 Å². The molecular weight excluding hydrogens is 421 g/mol. The quantitative estimate of drug-likeness (QED) is 0.598. The summed E-state index contributed by atoms with van der Waals surface area (Å²) in [4.78, 5) is 26.1. The number of piperidine rings is 1. The highest BCUT2D eigenvalue weighted by Gasteiger charge is 2.32. The number of carbonyl (C=O) groups is 2. The summed E-state index contributed by atoms with van der Waals surface area (Å²) in [6.07, 6.45) is -3.28. The second-order valence-corrected chi connectivity index (χ2v) is 8.47. The van der Waals surface area contributed by atoms with Crippen molar-refractivity contribution in [3.63, 3.8) is 0 Å². The van der Waals surface area contributed by atoms with Crippen LogP contribution in [0.3, 0.4) is 0 Å². The highest BCUT2D eigenvalue weighted by Crippen LogP contribution is 2.31. The molecule has 1 aromatic rings. The molecule has 0 spiro atoms. The van der Waals surface area contributed by atoms with Gasteiger partial charge in [0, 0.05) is 12.1 Å². The van der Waals surface area contributed by atoms with Crippen LogP contribution in [0.4, 0.5) is 22.0 Å². The van der Waals surface area contributed by atoms with E-state index in [1.54, 1.807) is 0 Å². The third-order valence-electron chi connectivity index (χ3n) is 5.07. The van der Waals surface area contributed by atoms with Gasteiger partial charge >= 0.3 is 6.18 Å². The van der Waals surface area contributed by atoms with Crippen LogP contribution in [-0.2, 0) is 17.6 Å². The van der Waals surface area contributed by atoms with Crippen LogP contribution in [-0.4, -0.2) is 55.1 Å². The highest BCUT2D eigenvalue weighted by molar-refractivity contribution is 5.94. The molecule has 5 nitrogen and oxygen atoms in total. The fourth-order valence-corrected chi connectivity index (χ4v) is 3.32. The number of nitrogens with zero attached hydrogens (tertiary/aromatic N) is 1. The number of hydrogen-bond donors (Lipinski definition) is 2. The van der Waals surface area contributed by atoms with Gasteiger partial charge in [-0.15, -0.1) is 0 Å². The van der Waals surface area contributed by atoms with Gasteiger partial charge in [-0.1, -0.05) is 0 Å². The molecule has 0 aromatic heterocycles. The lowest BCUT2D eigenvalue weighted by Gasteiger charge is -2.31. The molecule has 31 heavy (non-hydrogen) atoms. The van der Waals surface area contributed by atoms with E-state index in [1.807, 2.05) is 4.90 Å². The van der Waals surface area contributed by atoms with Gasteiger partial charge in [-0.05, 0) is 69.5 Å². The fourth-order valence-electron chi connectivity index (χ4n) is 3.32. The Bertz CT molecular complexity index is 769. The number of amides is 2. The largest absolute Gasteiger partial charge is 0.416 e. The molecule has 1 aromatic carbocycles. The minimum absolute atomic E-state index is 0.0615. The summed E-state index contributed by atoms with van der Waals surface area (Å²) in [6, 6.07) is 2.52. The summed E-state index contributed by atoms with van der Waals surface area (Å²) in [5, 5.41) is 5.17. The average molecular weight is 449 g/mol. The first kappa shape index (κ1) is 25.0. The van der Waals surface area contributed by atoms with Gasteiger partial charge in [0.25, 0.3) is 5.91 Å². The molecule has 0 bridgehead atoms.